The number of nitrogens with zero attached hydrogens (tertiary/aromatic N) is 1. The highest BCUT2D eigenvalue weighted by molar-refractivity contribution is 7.80. The second kappa shape index (κ2) is 6.02. The van der Waals surface area contributed by atoms with Crippen LogP contribution in [-0.4, -0.2) is 10.9 Å². The van der Waals surface area contributed by atoms with Crippen LogP contribution in [0, 0.1) is 0 Å². The van der Waals surface area contributed by atoms with E-state index in [1.54, 1.807) is 17.5 Å². The lowest BCUT2D eigenvalue weighted by molar-refractivity contribution is -0.121. The summed E-state index contributed by atoms with van der Waals surface area (Å²) in [6.45, 7) is 1.94. The van der Waals surface area contributed by atoms with Crippen LogP contribution in [0.25, 0.3) is 0 Å². The molecule has 0 aliphatic rings. The molecule has 18 heavy (non-hydrogen) atoms. The van der Waals surface area contributed by atoms with Crippen molar-refractivity contribution >= 4 is 29.9 Å². The Morgan fingerprint density at radius 3 is 2.78 bits per heavy atom. The summed E-state index contributed by atoms with van der Waals surface area (Å²) in [6, 6.07) is 7.56. The van der Waals surface area contributed by atoms with E-state index in [4.69, 9.17) is 0 Å². The largest absolute Gasteiger partial charge is 0.347 e. The third-order valence-corrected chi connectivity index (χ3v) is 3.76. The van der Waals surface area contributed by atoms with Gasteiger partial charge in [0.2, 0.25) is 5.91 Å². The molecule has 1 aromatic carbocycles. The predicted molar refractivity (Wildman–Crippen MR) is 76.1 cm³/mol. The minimum atomic E-state index is -0.0401. The highest BCUT2D eigenvalue weighted by atomic mass is 32.1. The van der Waals surface area contributed by atoms with Crippen LogP contribution in [0.4, 0.5) is 0 Å². The third kappa shape index (κ3) is 3.58. The van der Waals surface area contributed by atoms with Crippen molar-refractivity contribution < 1.29 is 4.79 Å². The summed E-state index contributed by atoms with van der Waals surface area (Å²) in [5.74, 6) is 0.00427. The fourth-order valence-corrected chi connectivity index (χ4v) is 2.40. The molecule has 0 bridgehead atoms. The Labute approximate surface area is 116 Å². The van der Waals surface area contributed by atoms with Crippen LogP contribution in [0.5, 0.6) is 0 Å². The molecule has 94 valence electrons. The molecule has 2 rings (SSSR count). The lowest BCUT2D eigenvalue weighted by Crippen LogP contribution is -2.27. The minimum absolute atomic E-state index is 0.00427. The van der Waals surface area contributed by atoms with Gasteiger partial charge in [-0.2, -0.15) is 0 Å². The van der Waals surface area contributed by atoms with Crippen LogP contribution in [0.3, 0.4) is 0 Å². The number of benzene rings is 1. The molecular formula is C13H14N2OS2. The van der Waals surface area contributed by atoms with Crippen molar-refractivity contribution in [3.63, 3.8) is 0 Å². The monoisotopic (exact) mass is 278 g/mol. The van der Waals surface area contributed by atoms with Gasteiger partial charge in [0, 0.05) is 16.5 Å². The highest BCUT2D eigenvalue weighted by Crippen LogP contribution is 2.15. The second-order valence-electron chi connectivity index (χ2n) is 4.00. The smallest absolute Gasteiger partial charge is 0.224 e. The number of thiazole rings is 1. The number of rotatable bonds is 4. The molecule has 1 unspecified atom stereocenters. The van der Waals surface area contributed by atoms with Crippen molar-refractivity contribution in [1.29, 1.82) is 0 Å². The molecular weight excluding hydrogens is 264 g/mol. The van der Waals surface area contributed by atoms with Gasteiger partial charge in [-0.1, -0.05) is 12.1 Å². The van der Waals surface area contributed by atoms with Crippen LogP contribution >= 0.6 is 24.0 Å². The Kier molecular flexibility index (Phi) is 4.38. The average molecular weight is 278 g/mol. The van der Waals surface area contributed by atoms with Gasteiger partial charge in [0.05, 0.1) is 12.5 Å². The first-order chi connectivity index (χ1) is 8.65. The zero-order valence-electron chi connectivity index (χ0n) is 9.96. The molecule has 1 aromatic heterocycles. The van der Waals surface area contributed by atoms with Crippen LogP contribution in [-0.2, 0) is 11.2 Å². The van der Waals surface area contributed by atoms with Crippen LogP contribution in [0.1, 0.15) is 23.5 Å². The number of nitrogens with one attached hydrogen (secondary N) is 1. The van der Waals surface area contributed by atoms with Gasteiger partial charge in [-0.25, -0.2) is 4.98 Å². The van der Waals surface area contributed by atoms with Gasteiger partial charge in [0.25, 0.3) is 0 Å². The molecule has 2 aromatic rings. The molecule has 0 aliphatic carbocycles. The maximum absolute atomic E-state index is 11.8. The Hall–Kier alpha value is -1.33. The number of aromatic nitrogens is 1. The SMILES string of the molecule is CC(NC(=O)Cc1ccc(S)cc1)c1nccs1. The number of carbonyl (C=O) groups excluding carboxylic acids is 1. The molecule has 1 atom stereocenters. The van der Waals surface area contributed by atoms with Gasteiger partial charge in [0.15, 0.2) is 0 Å². The number of thiol groups is 1. The maximum atomic E-state index is 11.8. The van der Waals surface area contributed by atoms with E-state index in [0.717, 1.165) is 15.5 Å². The van der Waals surface area contributed by atoms with Crippen molar-refractivity contribution in [1.82, 2.24) is 10.3 Å². The highest BCUT2D eigenvalue weighted by Gasteiger charge is 2.11. The fourth-order valence-electron chi connectivity index (χ4n) is 1.60. The van der Waals surface area contributed by atoms with Crippen molar-refractivity contribution in [2.75, 3.05) is 0 Å². The van der Waals surface area contributed by atoms with Gasteiger partial charge < -0.3 is 5.32 Å². The minimum Gasteiger partial charge on any atom is -0.347 e. The van der Waals surface area contributed by atoms with Crippen molar-refractivity contribution in [3.05, 3.63) is 46.4 Å². The van der Waals surface area contributed by atoms with Crippen molar-refractivity contribution in [3.8, 4) is 0 Å². The summed E-state index contributed by atoms with van der Waals surface area (Å²) in [5, 5.41) is 5.77. The summed E-state index contributed by atoms with van der Waals surface area (Å²) in [6.07, 6.45) is 2.12. The van der Waals surface area contributed by atoms with Crippen molar-refractivity contribution in [2.24, 2.45) is 0 Å². The van der Waals surface area contributed by atoms with E-state index in [-0.39, 0.29) is 11.9 Å². The van der Waals surface area contributed by atoms with Gasteiger partial charge in [0.1, 0.15) is 5.01 Å². The molecule has 1 N–H and O–H groups in total. The lowest BCUT2D eigenvalue weighted by Gasteiger charge is -2.11. The molecule has 1 amide bonds. The standard InChI is InChI=1S/C13H14N2OS2/c1-9(13-14-6-7-18-13)15-12(16)8-10-2-4-11(17)5-3-10/h2-7,9,17H,8H2,1H3,(H,15,16). The first-order valence-electron chi connectivity index (χ1n) is 5.62. The Morgan fingerprint density at radius 2 is 2.17 bits per heavy atom. The molecule has 0 radical (unpaired) electrons. The molecule has 0 spiro atoms. The molecule has 5 heteroatoms. The molecule has 0 saturated heterocycles. The van der Waals surface area contributed by atoms with Crippen molar-refractivity contribution in [2.45, 2.75) is 24.3 Å². The van der Waals surface area contributed by atoms with E-state index in [9.17, 15) is 4.79 Å². The topological polar surface area (TPSA) is 42.0 Å². The van der Waals surface area contributed by atoms with Gasteiger partial charge >= 0.3 is 0 Å². The van der Waals surface area contributed by atoms with E-state index in [1.165, 1.54) is 0 Å². The van der Waals surface area contributed by atoms with Gasteiger partial charge in [-0.15, -0.1) is 24.0 Å². The first-order valence-corrected chi connectivity index (χ1v) is 6.94. The van der Waals surface area contributed by atoms with E-state index < -0.39 is 0 Å². The Morgan fingerprint density at radius 1 is 1.44 bits per heavy atom. The zero-order chi connectivity index (χ0) is 13.0. The predicted octanol–water partition coefficient (Wildman–Crippen LogP) is 2.85. The third-order valence-electron chi connectivity index (χ3n) is 2.50. The molecule has 1 heterocycles. The Balaban J connectivity index is 1.91. The normalized spacial score (nSPS) is 12.1. The zero-order valence-corrected chi connectivity index (χ0v) is 11.7. The number of hydrogen-bond donors (Lipinski definition) is 2. The summed E-state index contributed by atoms with van der Waals surface area (Å²) < 4.78 is 0. The number of carbonyl (C=O) groups is 1. The number of hydrogen-bond acceptors (Lipinski definition) is 4. The summed E-state index contributed by atoms with van der Waals surface area (Å²) in [4.78, 5) is 16.9. The second-order valence-corrected chi connectivity index (χ2v) is 5.45. The van der Waals surface area contributed by atoms with Crippen LogP contribution in [0.2, 0.25) is 0 Å². The maximum Gasteiger partial charge on any atom is 0.224 e. The lowest BCUT2D eigenvalue weighted by atomic mass is 10.1. The van der Waals surface area contributed by atoms with E-state index >= 15 is 0 Å². The summed E-state index contributed by atoms with van der Waals surface area (Å²) in [7, 11) is 0. The van der Waals surface area contributed by atoms with E-state index in [2.05, 4.69) is 22.9 Å². The Bertz CT molecular complexity index is 508. The van der Waals surface area contributed by atoms with Gasteiger partial charge in [-0.3, -0.25) is 4.79 Å². The van der Waals surface area contributed by atoms with E-state index in [0.29, 0.717) is 6.42 Å². The summed E-state index contributed by atoms with van der Waals surface area (Å²) in [5.41, 5.74) is 0.983. The number of amides is 1. The van der Waals surface area contributed by atoms with Crippen LogP contribution < -0.4 is 5.32 Å². The molecule has 0 fully saturated rings. The first kappa shape index (κ1) is 13.1. The summed E-state index contributed by atoms with van der Waals surface area (Å²) >= 11 is 5.76. The average Bonchev–Trinajstić information content (AvgIpc) is 2.85. The molecule has 0 aliphatic heterocycles. The quantitative estimate of drug-likeness (QED) is 0.845. The molecule has 0 saturated carbocycles. The fraction of sp³-hybridized carbons (Fsp3) is 0.231. The van der Waals surface area contributed by atoms with E-state index in [1.807, 2.05) is 36.6 Å². The van der Waals surface area contributed by atoms with Gasteiger partial charge in [-0.05, 0) is 24.6 Å². The van der Waals surface area contributed by atoms with Crippen LogP contribution in [0.15, 0.2) is 40.7 Å². The molecule has 3 nitrogen and oxygen atoms in total.